The van der Waals surface area contributed by atoms with Gasteiger partial charge >= 0.3 is 0 Å². The van der Waals surface area contributed by atoms with Crippen LogP contribution in [0.3, 0.4) is 0 Å². The Morgan fingerprint density at radius 2 is 2.38 bits per heavy atom. The minimum absolute atomic E-state index is 0.745. The van der Waals surface area contributed by atoms with Crippen LogP contribution in [0.1, 0.15) is 19.8 Å². The summed E-state index contributed by atoms with van der Waals surface area (Å²) in [6, 6.07) is 0.745. The molecule has 13 heavy (non-hydrogen) atoms. The summed E-state index contributed by atoms with van der Waals surface area (Å²) in [5, 5.41) is 3.41. The Kier molecular flexibility index (Phi) is 5.35. The summed E-state index contributed by atoms with van der Waals surface area (Å²) in [6.45, 7) is 7.58. The molecule has 0 aliphatic carbocycles. The molecule has 1 aliphatic heterocycles. The summed E-state index contributed by atoms with van der Waals surface area (Å²) in [5.74, 6) is 0. The van der Waals surface area contributed by atoms with Crippen LogP contribution in [0.15, 0.2) is 0 Å². The van der Waals surface area contributed by atoms with E-state index in [0.717, 1.165) is 32.3 Å². The molecule has 0 aromatic carbocycles. The van der Waals surface area contributed by atoms with Gasteiger partial charge in [0, 0.05) is 26.2 Å². The van der Waals surface area contributed by atoms with Gasteiger partial charge in [0.2, 0.25) is 0 Å². The fraction of sp³-hybridized carbons (Fsp3) is 1.00. The van der Waals surface area contributed by atoms with Gasteiger partial charge in [0.25, 0.3) is 0 Å². The van der Waals surface area contributed by atoms with Crippen molar-refractivity contribution in [3.8, 4) is 0 Å². The molecule has 78 valence electrons. The Bertz CT molecular complexity index is 116. The highest BCUT2D eigenvalue weighted by atomic mass is 16.5. The number of nitrogens with zero attached hydrogens (tertiary/aromatic N) is 1. The summed E-state index contributed by atoms with van der Waals surface area (Å²) in [7, 11) is 1.77. The Morgan fingerprint density at radius 1 is 1.54 bits per heavy atom. The molecule has 1 N–H and O–H groups in total. The maximum Gasteiger partial charge on any atom is 0.0589 e. The molecule has 0 bridgehead atoms. The van der Waals surface area contributed by atoms with E-state index >= 15 is 0 Å². The maximum absolute atomic E-state index is 5.09. The lowest BCUT2D eigenvalue weighted by Gasteiger charge is -2.24. The van der Waals surface area contributed by atoms with Gasteiger partial charge < -0.3 is 10.1 Å². The van der Waals surface area contributed by atoms with Gasteiger partial charge in [-0.05, 0) is 25.9 Å². The zero-order chi connectivity index (χ0) is 9.52. The van der Waals surface area contributed by atoms with E-state index in [9.17, 15) is 0 Å². The van der Waals surface area contributed by atoms with Crippen LogP contribution < -0.4 is 5.32 Å². The third kappa shape index (κ3) is 3.63. The quantitative estimate of drug-likeness (QED) is 0.661. The first-order valence-corrected chi connectivity index (χ1v) is 5.32. The highest BCUT2D eigenvalue weighted by molar-refractivity contribution is 4.80. The van der Waals surface area contributed by atoms with Crippen molar-refractivity contribution in [3.05, 3.63) is 0 Å². The predicted octanol–water partition coefficient (Wildman–Crippen LogP) is 0.707. The molecule has 1 unspecified atom stereocenters. The highest BCUT2D eigenvalue weighted by Gasteiger charge is 2.22. The van der Waals surface area contributed by atoms with Crippen molar-refractivity contribution in [2.45, 2.75) is 25.8 Å². The van der Waals surface area contributed by atoms with Crippen molar-refractivity contribution in [2.24, 2.45) is 0 Å². The highest BCUT2D eigenvalue weighted by Crippen LogP contribution is 2.15. The molecule has 0 saturated carbocycles. The van der Waals surface area contributed by atoms with E-state index in [4.69, 9.17) is 4.74 Å². The average molecular weight is 186 g/mol. The molecule has 0 aromatic rings. The number of rotatable bonds is 6. The standard InChI is InChI=1S/C10H22N2O/c1-3-11-9-10-5-4-6-12(10)7-8-13-2/h10-11H,3-9H2,1-2H3. The molecule has 1 rings (SSSR count). The van der Waals surface area contributed by atoms with Gasteiger partial charge in [-0.2, -0.15) is 0 Å². The average Bonchev–Trinajstić information content (AvgIpc) is 2.59. The van der Waals surface area contributed by atoms with Crippen molar-refractivity contribution >= 4 is 0 Å². The van der Waals surface area contributed by atoms with Crippen LogP contribution in [-0.2, 0) is 4.74 Å². The van der Waals surface area contributed by atoms with Gasteiger partial charge in [-0.15, -0.1) is 0 Å². The number of ether oxygens (including phenoxy) is 1. The minimum Gasteiger partial charge on any atom is -0.383 e. The van der Waals surface area contributed by atoms with E-state index in [1.54, 1.807) is 7.11 Å². The van der Waals surface area contributed by atoms with Crippen LogP contribution in [0.2, 0.25) is 0 Å². The van der Waals surface area contributed by atoms with Crippen LogP contribution in [0.5, 0.6) is 0 Å². The van der Waals surface area contributed by atoms with E-state index in [1.165, 1.54) is 19.4 Å². The first-order chi connectivity index (χ1) is 6.38. The number of likely N-dealkylation sites (N-methyl/N-ethyl adjacent to an activating group) is 1. The first-order valence-electron chi connectivity index (χ1n) is 5.32. The van der Waals surface area contributed by atoms with E-state index in [2.05, 4.69) is 17.1 Å². The lowest BCUT2D eigenvalue weighted by Crippen LogP contribution is -2.39. The SMILES string of the molecule is CCNCC1CCCN1CCOC. The molecule has 3 heteroatoms. The number of likely N-dealkylation sites (tertiary alicyclic amines) is 1. The van der Waals surface area contributed by atoms with E-state index in [1.807, 2.05) is 0 Å². The predicted molar refractivity (Wildman–Crippen MR) is 55.0 cm³/mol. The van der Waals surface area contributed by atoms with Crippen LogP contribution in [0.25, 0.3) is 0 Å². The normalized spacial score (nSPS) is 24.0. The minimum atomic E-state index is 0.745. The van der Waals surface area contributed by atoms with Gasteiger partial charge in [-0.25, -0.2) is 0 Å². The first kappa shape index (κ1) is 11.0. The molecular formula is C10H22N2O. The second kappa shape index (κ2) is 6.35. The summed E-state index contributed by atoms with van der Waals surface area (Å²) in [4.78, 5) is 2.53. The summed E-state index contributed by atoms with van der Waals surface area (Å²) < 4.78 is 5.09. The number of hydrogen-bond acceptors (Lipinski definition) is 3. The van der Waals surface area contributed by atoms with Crippen molar-refractivity contribution in [1.29, 1.82) is 0 Å². The van der Waals surface area contributed by atoms with Gasteiger partial charge in [0.15, 0.2) is 0 Å². The monoisotopic (exact) mass is 186 g/mol. The van der Waals surface area contributed by atoms with Crippen LogP contribution in [-0.4, -0.2) is 50.8 Å². The van der Waals surface area contributed by atoms with Crippen LogP contribution in [0.4, 0.5) is 0 Å². The Morgan fingerprint density at radius 3 is 3.08 bits per heavy atom. The molecule has 0 aromatic heterocycles. The van der Waals surface area contributed by atoms with Crippen LogP contribution in [0, 0.1) is 0 Å². The molecular weight excluding hydrogens is 164 g/mol. The topological polar surface area (TPSA) is 24.5 Å². The fourth-order valence-corrected chi connectivity index (χ4v) is 1.94. The molecule has 1 fully saturated rings. The molecule has 1 heterocycles. The second-order valence-electron chi connectivity index (χ2n) is 3.63. The zero-order valence-electron chi connectivity index (χ0n) is 8.88. The molecule has 1 saturated heterocycles. The summed E-state index contributed by atoms with van der Waals surface area (Å²) in [6.07, 6.45) is 2.69. The van der Waals surface area contributed by atoms with E-state index in [0.29, 0.717) is 0 Å². The Labute approximate surface area is 81.4 Å². The largest absolute Gasteiger partial charge is 0.383 e. The van der Waals surface area contributed by atoms with Gasteiger partial charge in [-0.1, -0.05) is 6.92 Å². The van der Waals surface area contributed by atoms with Crippen LogP contribution >= 0.6 is 0 Å². The van der Waals surface area contributed by atoms with E-state index in [-0.39, 0.29) is 0 Å². The lowest BCUT2D eigenvalue weighted by atomic mass is 10.2. The molecule has 0 amide bonds. The Hall–Kier alpha value is -0.120. The maximum atomic E-state index is 5.09. The number of methoxy groups -OCH3 is 1. The number of hydrogen-bond donors (Lipinski definition) is 1. The molecule has 0 spiro atoms. The fourth-order valence-electron chi connectivity index (χ4n) is 1.94. The van der Waals surface area contributed by atoms with Crippen molar-refractivity contribution < 1.29 is 4.74 Å². The second-order valence-corrected chi connectivity index (χ2v) is 3.63. The smallest absolute Gasteiger partial charge is 0.0589 e. The Balaban J connectivity index is 2.18. The molecule has 0 radical (unpaired) electrons. The number of nitrogens with one attached hydrogen (secondary N) is 1. The molecule has 3 nitrogen and oxygen atoms in total. The summed E-state index contributed by atoms with van der Waals surface area (Å²) >= 11 is 0. The van der Waals surface area contributed by atoms with Crippen molar-refractivity contribution in [3.63, 3.8) is 0 Å². The third-order valence-electron chi connectivity index (χ3n) is 2.71. The van der Waals surface area contributed by atoms with Crippen molar-refractivity contribution in [2.75, 3.05) is 39.9 Å². The van der Waals surface area contributed by atoms with Crippen molar-refractivity contribution in [1.82, 2.24) is 10.2 Å². The molecule has 1 atom stereocenters. The third-order valence-corrected chi connectivity index (χ3v) is 2.71. The van der Waals surface area contributed by atoms with Gasteiger partial charge in [0.1, 0.15) is 0 Å². The summed E-state index contributed by atoms with van der Waals surface area (Å²) in [5.41, 5.74) is 0. The van der Waals surface area contributed by atoms with Gasteiger partial charge in [0.05, 0.1) is 6.61 Å². The van der Waals surface area contributed by atoms with Gasteiger partial charge in [-0.3, -0.25) is 4.90 Å². The molecule has 1 aliphatic rings. The lowest BCUT2D eigenvalue weighted by molar-refractivity contribution is 0.140. The zero-order valence-corrected chi connectivity index (χ0v) is 8.88. The van der Waals surface area contributed by atoms with E-state index < -0.39 is 0 Å².